The molecular formula is C12H23N5O. The van der Waals surface area contributed by atoms with E-state index < -0.39 is 0 Å². The Morgan fingerprint density at radius 1 is 1.50 bits per heavy atom. The van der Waals surface area contributed by atoms with E-state index >= 15 is 0 Å². The van der Waals surface area contributed by atoms with Crippen LogP contribution in [-0.4, -0.2) is 31.7 Å². The quantitative estimate of drug-likeness (QED) is 0.162. The van der Waals surface area contributed by atoms with Gasteiger partial charge in [0.2, 0.25) is 0 Å². The number of oxime groups is 1. The number of hydrogen-bond donors (Lipinski definition) is 4. The molecule has 0 aliphatic rings. The first-order chi connectivity index (χ1) is 8.65. The van der Waals surface area contributed by atoms with E-state index in [0.29, 0.717) is 18.8 Å². The van der Waals surface area contributed by atoms with E-state index in [0.717, 1.165) is 11.9 Å². The van der Waals surface area contributed by atoms with E-state index in [9.17, 15) is 0 Å². The minimum absolute atomic E-state index is 0.111. The molecule has 0 aromatic rings. The second-order valence-corrected chi connectivity index (χ2v) is 3.65. The van der Waals surface area contributed by atoms with Crippen molar-refractivity contribution in [3.05, 3.63) is 23.6 Å². The molecule has 0 radical (unpaired) electrons. The lowest BCUT2D eigenvalue weighted by atomic mass is 10.1. The summed E-state index contributed by atoms with van der Waals surface area (Å²) in [5, 5.41) is 16.8. The zero-order valence-electron chi connectivity index (χ0n) is 11.2. The van der Waals surface area contributed by atoms with Crippen LogP contribution in [0.25, 0.3) is 0 Å². The molecule has 0 saturated heterocycles. The second-order valence-electron chi connectivity index (χ2n) is 3.65. The molecule has 6 nitrogen and oxygen atoms in total. The van der Waals surface area contributed by atoms with Gasteiger partial charge in [0.05, 0.1) is 12.4 Å². The topological polar surface area (TPSA) is 95.5 Å². The van der Waals surface area contributed by atoms with Gasteiger partial charge >= 0.3 is 0 Å². The van der Waals surface area contributed by atoms with E-state index in [4.69, 9.17) is 16.0 Å². The van der Waals surface area contributed by atoms with Crippen LogP contribution in [0.4, 0.5) is 0 Å². The monoisotopic (exact) mass is 253 g/mol. The number of nitrogens with two attached hydrogens (primary N) is 1. The third-order valence-corrected chi connectivity index (χ3v) is 2.08. The molecule has 1 atom stereocenters. The number of allylic oxidation sites excluding steroid dienone is 1. The highest BCUT2D eigenvalue weighted by molar-refractivity contribution is 5.53. The maximum absolute atomic E-state index is 7.12. The van der Waals surface area contributed by atoms with Crippen molar-refractivity contribution < 1.29 is 4.84 Å². The number of nitrogens with zero attached hydrogens (tertiary/aromatic N) is 1. The van der Waals surface area contributed by atoms with Crippen LogP contribution in [0, 0.1) is 5.41 Å². The molecule has 102 valence electrons. The van der Waals surface area contributed by atoms with Crippen molar-refractivity contribution in [1.29, 1.82) is 5.41 Å². The molecule has 0 spiro atoms. The van der Waals surface area contributed by atoms with Gasteiger partial charge in [-0.2, -0.15) is 0 Å². The molecule has 5 N–H and O–H groups in total. The average molecular weight is 253 g/mol. The van der Waals surface area contributed by atoms with Gasteiger partial charge in [0, 0.05) is 19.3 Å². The maximum Gasteiger partial charge on any atom is 0.130 e. The predicted molar refractivity (Wildman–Crippen MR) is 75.5 cm³/mol. The van der Waals surface area contributed by atoms with E-state index in [1.165, 1.54) is 0 Å². The highest BCUT2D eigenvalue weighted by Crippen LogP contribution is 2.06. The minimum atomic E-state index is -0.111. The van der Waals surface area contributed by atoms with Crippen LogP contribution in [0.2, 0.25) is 0 Å². The van der Waals surface area contributed by atoms with Crippen molar-refractivity contribution in [2.24, 2.45) is 10.9 Å². The molecule has 0 aromatic carbocycles. The van der Waals surface area contributed by atoms with E-state index in [1.54, 1.807) is 13.1 Å². The van der Waals surface area contributed by atoms with Crippen molar-refractivity contribution >= 4 is 12.6 Å². The smallest absolute Gasteiger partial charge is 0.130 e. The Bertz CT molecular complexity index is 322. The Labute approximate surface area is 108 Å². The lowest BCUT2D eigenvalue weighted by Gasteiger charge is -2.14. The zero-order chi connectivity index (χ0) is 13.8. The summed E-state index contributed by atoms with van der Waals surface area (Å²) in [6, 6.07) is -0.111. The lowest BCUT2D eigenvalue weighted by molar-refractivity contribution is 0.229. The average Bonchev–Trinajstić information content (AvgIpc) is 2.36. The van der Waals surface area contributed by atoms with Crippen molar-refractivity contribution in [1.82, 2.24) is 10.6 Å². The van der Waals surface area contributed by atoms with Crippen LogP contribution in [-0.2, 0) is 4.84 Å². The Balaban J connectivity index is 4.62. The first kappa shape index (κ1) is 16.2. The Hall–Kier alpha value is -1.82. The predicted octanol–water partition coefficient (Wildman–Crippen LogP) is 0.930. The molecule has 0 amide bonds. The first-order valence-corrected chi connectivity index (χ1v) is 5.84. The van der Waals surface area contributed by atoms with E-state index in [2.05, 4.69) is 15.8 Å². The minimum Gasteiger partial charge on any atom is -0.390 e. The summed E-state index contributed by atoms with van der Waals surface area (Å²) < 4.78 is 0. The molecule has 0 rings (SSSR count). The SMILES string of the molecule is C/C=N/O/C(C)=C/C(NC=N)/C(C)=C/NCCN. The van der Waals surface area contributed by atoms with Gasteiger partial charge in [0.1, 0.15) is 5.76 Å². The highest BCUT2D eigenvalue weighted by atomic mass is 16.6. The summed E-state index contributed by atoms with van der Waals surface area (Å²) in [4.78, 5) is 5.09. The van der Waals surface area contributed by atoms with Gasteiger partial charge in [-0.05, 0) is 38.6 Å². The molecule has 0 heterocycles. The summed E-state index contributed by atoms with van der Waals surface area (Å²) in [6.45, 7) is 6.84. The van der Waals surface area contributed by atoms with Gasteiger partial charge in [0.25, 0.3) is 0 Å². The fraction of sp³-hybridized carbons (Fsp3) is 0.500. The van der Waals surface area contributed by atoms with Gasteiger partial charge in [-0.15, -0.1) is 0 Å². The summed E-state index contributed by atoms with van der Waals surface area (Å²) in [5.41, 5.74) is 6.42. The highest BCUT2D eigenvalue weighted by Gasteiger charge is 2.06. The molecular weight excluding hydrogens is 230 g/mol. The molecule has 0 saturated carbocycles. The van der Waals surface area contributed by atoms with Crippen molar-refractivity contribution in [3.63, 3.8) is 0 Å². The summed E-state index contributed by atoms with van der Waals surface area (Å²) >= 11 is 0. The van der Waals surface area contributed by atoms with Gasteiger partial charge in [-0.3, -0.25) is 5.41 Å². The maximum atomic E-state index is 7.12. The fourth-order valence-electron chi connectivity index (χ4n) is 1.21. The van der Waals surface area contributed by atoms with Crippen LogP contribution in [0.1, 0.15) is 20.8 Å². The Morgan fingerprint density at radius 3 is 2.78 bits per heavy atom. The molecule has 0 aliphatic heterocycles. The molecule has 0 aromatic heterocycles. The molecule has 6 heteroatoms. The Morgan fingerprint density at radius 2 is 2.22 bits per heavy atom. The molecule has 18 heavy (non-hydrogen) atoms. The van der Waals surface area contributed by atoms with Crippen LogP contribution >= 0.6 is 0 Å². The normalized spacial score (nSPS) is 14.4. The first-order valence-electron chi connectivity index (χ1n) is 5.84. The number of nitrogens with one attached hydrogen (secondary N) is 3. The molecule has 0 fully saturated rings. The summed E-state index contributed by atoms with van der Waals surface area (Å²) in [6.07, 6.45) is 6.45. The molecule has 0 aliphatic carbocycles. The van der Waals surface area contributed by atoms with Crippen molar-refractivity contribution in [2.75, 3.05) is 13.1 Å². The van der Waals surface area contributed by atoms with Gasteiger partial charge < -0.3 is 21.2 Å². The van der Waals surface area contributed by atoms with E-state index in [1.807, 2.05) is 26.1 Å². The van der Waals surface area contributed by atoms with Crippen molar-refractivity contribution in [2.45, 2.75) is 26.8 Å². The molecule has 1 unspecified atom stereocenters. The number of hydrogen-bond acceptors (Lipinski definition) is 5. The number of rotatable bonds is 9. The second kappa shape index (κ2) is 10.3. The molecule has 0 bridgehead atoms. The van der Waals surface area contributed by atoms with Crippen molar-refractivity contribution in [3.8, 4) is 0 Å². The Kier molecular flexibility index (Phi) is 9.30. The third kappa shape index (κ3) is 7.45. The fourth-order valence-corrected chi connectivity index (χ4v) is 1.21. The van der Waals surface area contributed by atoms with Crippen LogP contribution in [0.5, 0.6) is 0 Å². The van der Waals surface area contributed by atoms with E-state index in [-0.39, 0.29) is 6.04 Å². The largest absolute Gasteiger partial charge is 0.390 e. The van der Waals surface area contributed by atoms with Crippen LogP contribution < -0.4 is 16.4 Å². The van der Waals surface area contributed by atoms with Crippen LogP contribution in [0.3, 0.4) is 0 Å². The summed E-state index contributed by atoms with van der Waals surface area (Å²) in [7, 11) is 0. The summed E-state index contributed by atoms with van der Waals surface area (Å²) in [5.74, 6) is 0.666. The standard InChI is InChI=1S/C12H23N5O/c1-4-17-18-11(3)7-12(16-9-14)10(2)8-15-6-5-13/h4,7-9,12,15H,5-6,13H2,1-3H3,(H2,14,16)/b10-8+,11-7+,17-4+. The van der Waals surface area contributed by atoms with Gasteiger partial charge in [-0.1, -0.05) is 5.16 Å². The zero-order valence-corrected chi connectivity index (χ0v) is 11.2. The third-order valence-electron chi connectivity index (χ3n) is 2.08. The lowest BCUT2D eigenvalue weighted by Crippen LogP contribution is -2.28. The van der Waals surface area contributed by atoms with Gasteiger partial charge in [-0.25, -0.2) is 0 Å². The van der Waals surface area contributed by atoms with Gasteiger partial charge in [0.15, 0.2) is 0 Å². The van der Waals surface area contributed by atoms with Crippen LogP contribution in [0.15, 0.2) is 28.8 Å².